The van der Waals surface area contributed by atoms with Crippen LogP contribution in [0.25, 0.3) is 0 Å². The Bertz CT molecular complexity index is 1040. The highest BCUT2D eigenvalue weighted by atomic mass is 16.5. The highest BCUT2D eigenvalue weighted by molar-refractivity contribution is 6.01. The van der Waals surface area contributed by atoms with E-state index >= 15 is 0 Å². The number of ether oxygens (including phenoxy) is 1. The molecule has 2 atom stereocenters. The smallest absolute Gasteiger partial charge is 0.270 e. The Morgan fingerprint density at radius 1 is 1.39 bits per heavy atom. The molecule has 0 bridgehead atoms. The number of pyridine rings is 1. The van der Waals surface area contributed by atoms with Crippen LogP contribution in [0.3, 0.4) is 0 Å². The molecule has 162 valence electrons. The zero-order valence-electron chi connectivity index (χ0n) is 17.9. The maximum Gasteiger partial charge on any atom is 0.270 e. The van der Waals surface area contributed by atoms with Gasteiger partial charge in [-0.15, -0.1) is 0 Å². The molecule has 2 amide bonds. The molecule has 1 N–H and O–H groups in total. The topological polar surface area (TPSA) is 100 Å². The largest absolute Gasteiger partial charge is 0.373 e. The monoisotopic (exact) mass is 421 g/mol. The Kier molecular flexibility index (Phi) is 6.05. The third kappa shape index (κ3) is 4.06. The van der Waals surface area contributed by atoms with Crippen molar-refractivity contribution in [2.45, 2.75) is 58.3 Å². The summed E-state index contributed by atoms with van der Waals surface area (Å²) in [7, 11) is 0. The second kappa shape index (κ2) is 8.90. The van der Waals surface area contributed by atoms with Crippen LogP contribution in [0.1, 0.15) is 77.1 Å². The Hall–Kier alpha value is -3.18. The number of carbonyl (C=O) groups excluding carboxylic acids is 2. The molecule has 0 aromatic carbocycles. The fourth-order valence-electron chi connectivity index (χ4n) is 4.41. The molecule has 8 nitrogen and oxygen atoms in total. The van der Waals surface area contributed by atoms with Crippen molar-refractivity contribution in [2.75, 3.05) is 13.2 Å². The first kappa shape index (κ1) is 21.1. The van der Waals surface area contributed by atoms with Crippen LogP contribution in [-0.2, 0) is 17.9 Å². The SMILES string of the molecule is CCC(NC(=O)c1cc(C(=O)N2CCCC2C)n2c1COCC2)c1cccc(C#N)n1. The van der Waals surface area contributed by atoms with E-state index in [0.717, 1.165) is 25.1 Å². The molecule has 1 fully saturated rings. The summed E-state index contributed by atoms with van der Waals surface area (Å²) in [4.78, 5) is 32.7. The van der Waals surface area contributed by atoms with Crippen molar-refractivity contribution in [1.82, 2.24) is 19.8 Å². The highest BCUT2D eigenvalue weighted by Gasteiger charge is 2.32. The van der Waals surface area contributed by atoms with E-state index in [0.29, 0.717) is 48.8 Å². The van der Waals surface area contributed by atoms with Gasteiger partial charge in [0.2, 0.25) is 0 Å². The summed E-state index contributed by atoms with van der Waals surface area (Å²) in [6.07, 6.45) is 2.63. The molecule has 0 radical (unpaired) electrons. The molecule has 2 aromatic rings. The van der Waals surface area contributed by atoms with Crippen LogP contribution < -0.4 is 5.32 Å². The maximum atomic E-state index is 13.2. The maximum absolute atomic E-state index is 13.2. The standard InChI is InChI=1S/C23H27N5O3/c1-3-18(19-8-4-7-16(13-24)25-19)26-22(29)17-12-20(28-10-11-31-14-21(17)28)23(30)27-9-5-6-15(27)2/h4,7-8,12,15,18H,3,5-6,9-11,14H2,1-2H3,(H,26,29). The van der Waals surface area contributed by atoms with Crippen molar-refractivity contribution < 1.29 is 14.3 Å². The van der Waals surface area contributed by atoms with Crippen molar-refractivity contribution in [3.63, 3.8) is 0 Å². The molecule has 4 rings (SSSR count). The number of hydrogen-bond donors (Lipinski definition) is 1. The molecule has 2 unspecified atom stereocenters. The molecule has 2 aliphatic heterocycles. The van der Waals surface area contributed by atoms with Gasteiger partial charge in [0.25, 0.3) is 11.8 Å². The number of nitrogens with zero attached hydrogens (tertiary/aromatic N) is 4. The summed E-state index contributed by atoms with van der Waals surface area (Å²) in [5.74, 6) is -0.290. The lowest BCUT2D eigenvalue weighted by atomic mass is 10.1. The first-order valence-corrected chi connectivity index (χ1v) is 10.8. The molecule has 0 saturated carbocycles. The quantitative estimate of drug-likeness (QED) is 0.800. The van der Waals surface area contributed by atoms with Crippen LogP contribution in [0.4, 0.5) is 0 Å². The van der Waals surface area contributed by atoms with Crippen LogP contribution in [0.2, 0.25) is 0 Å². The van der Waals surface area contributed by atoms with Gasteiger partial charge in [0.15, 0.2) is 0 Å². The average molecular weight is 422 g/mol. The van der Waals surface area contributed by atoms with Crippen LogP contribution in [0.15, 0.2) is 24.3 Å². The first-order chi connectivity index (χ1) is 15.0. The van der Waals surface area contributed by atoms with Gasteiger partial charge in [-0.1, -0.05) is 13.0 Å². The van der Waals surface area contributed by atoms with Gasteiger partial charge < -0.3 is 19.5 Å². The molecule has 0 aliphatic carbocycles. The summed E-state index contributed by atoms with van der Waals surface area (Å²) in [5.41, 5.74) is 2.70. The predicted molar refractivity (Wildman–Crippen MR) is 113 cm³/mol. The van der Waals surface area contributed by atoms with E-state index in [9.17, 15) is 9.59 Å². The van der Waals surface area contributed by atoms with E-state index in [1.165, 1.54) is 0 Å². The van der Waals surface area contributed by atoms with Crippen molar-refractivity contribution >= 4 is 11.8 Å². The van der Waals surface area contributed by atoms with Crippen LogP contribution in [0.5, 0.6) is 0 Å². The summed E-state index contributed by atoms with van der Waals surface area (Å²) >= 11 is 0. The number of nitrogens with one attached hydrogen (secondary N) is 1. The van der Waals surface area contributed by atoms with E-state index in [4.69, 9.17) is 10.00 Å². The number of likely N-dealkylation sites (tertiary alicyclic amines) is 1. The van der Waals surface area contributed by atoms with Gasteiger partial charge in [-0.05, 0) is 44.4 Å². The fraction of sp³-hybridized carbons (Fsp3) is 0.478. The first-order valence-electron chi connectivity index (χ1n) is 10.8. The van der Waals surface area contributed by atoms with E-state index in [-0.39, 0.29) is 23.9 Å². The summed E-state index contributed by atoms with van der Waals surface area (Å²) in [5, 5.41) is 12.1. The number of aromatic nitrogens is 2. The molecule has 2 aromatic heterocycles. The number of nitriles is 1. The Morgan fingerprint density at radius 3 is 2.94 bits per heavy atom. The third-order valence-electron chi connectivity index (χ3n) is 6.14. The van der Waals surface area contributed by atoms with Crippen LogP contribution >= 0.6 is 0 Å². The van der Waals surface area contributed by atoms with E-state index in [2.05, 4.69) is 17.2 Å². The molecule has 8 heteroatoms. The van der Waals surface area contributed by atoms with Gasteiger partial charge in [-0.3, -0.25) is 9.59 Å². The molecular weight excluding hydrogens is 394 g/mol. The number of carbonyl (C=O) groups is 2. The minimum atomic E-state index is -0.335. The van der Waals surface area contributed by atoms with E-state index < -0.39 is 0 Å². The fourth-order valence-corrected chi connectivity index (χ4v) is 4.41. The van der Waals surface area contributed by atoms with Gasteiger partial charge in [0.1, 0.15) is 17.5 Å². The molecule has 4 heterocycles. The lowest BCUT2D eigenvalue weighted by Gasteiger charge is -2.24. The lowest BCUT2D eigenvalue weighted by molar-refractivity contribution is 0.0683. The Labute approximate surface area is 181 Å². The normalized spacial score (nSPS) is 18.9. The van der Waals surface area contributed by atoms with Gasteiger partial charge >= 0.3 is 0 Å². The third-order valence-corrected chi connectivity index (χ3v) is 6.14. The second-order valence-corrected chi connectivity index (χ2v) is 8.08. The number of fused-ring (bicyclic) bond motifs is 1. The highest BCUT2D eigenvalue weighted by Crippen LogP contribution is 2.26. The van der Waals surface area contributed by atoms with E-state index in [1.54, 1.807) is 24.3 Å². The van der Waals surface area contributed by atoms with Crippen molar-refractivity contribution in [1.29, 1.82) is 5.26 Å². The zero-order chi connectivity index (χ0) is 22.0. The number of rotatable bonds is 5. The predicted octanol–water partition coefficient (Wildman–Crippen LogP) is 2.79. The average Bonchev–Trinajstić information content (AvgIpc) is 3.40. The van der Waals surface area contributed by atoms with Gasteiger partial charge in [-0.25, -0.2) is 4.98 Å². The van der Waals surface area contributed by atoms with Crippen LogP contribution in [0, 0.1) is 11.3 Å². The van der Waals surface area contributed by atoms with E-state index in [1.807, 2.05) is 22.5 Å². The second-order valence-electron chi connectivity index (χ2n) is 8.08. The number of amides is 2. The molecule has 0 spiro atoms. The van der Waals surface area contributed by atoms with Gasteiger partial charge in [0.05, 0.1) is 36.2 Å². The zero-order valence-corrected chi connectivity index (χ0v) is 17.9. The van der Waals surface area contributed by atoms with Crippen molar-refractivity contribution in [3.8, 4) is 6.07 Å². The van der Waals surface area contributed by atoms with Crippen LogP contribution in [-0.4, -0.2) is 45.5 Å². The van der Waals surface area contributed by atoms with Gasteiger partial charge in [-0.2, -0.15) is 5.26 Å². The van der Waals surface area contributed by atoms with Crippen molar-refractivity contribution in [3.05, 3.63) is 52.6 Å². The summed E-state index contributed by atoms with van der Waals surface area (Å²) in [6, 6.07) is 8.81. The molecule has 1 saturated heterocycles. The Morgan fingerprint density at radius 2 is 2.23 bits per heavy atom. The van der Waals surface area contributed by atoms with Gasteiger partial charge in [0, 0.05) is 19.1 Å². The van der Waals surface area contributed by atoms with Crippen molar-refractivity contribution in [2.24, 2.45) is 0 Å². The summed E-state index contributed by atoms with van der Waals surface area (Å²) in [6.45, 7) is 6.13. The lowest BCUT2D eigenvalue weighted by Crippen LogP contribution is -2.35. The minimum Gasteiger partial charge on any atom is -0.373 e. The Balaban J connectivity index is 1.62. The minimum absolute atomic E-state index is 0.0253. The molecular formula is C23H27N5O3. The number of hydrogen-bond acceptors (Lipinski definition) is 5. The summed E-state index contributed by atoms with van der Waals surface area (Å²) < 4.78 is 7.53. The molecule has 31 heavy (non-hydrogen) atoms. The molecule has 2 aliphatic rings.